The van der Waals surface area contributed by atoms with E-state index in [4.69, 9.17) is 0 Å². The zero-order valence-electron chi connectivity index (χ0n) is 12.2. The number of hydrogen-bond donors (Lipinski definition) is 1. The monoisotopic (exact) mass is 283 g/mol. The van der Waals surface area contributed by atoms with Gasteiger partial charge in [-0.25, -0.2) is 8.78 Å². The summed E-state index contributed by atoms with van der Waals surface area (Å²) in [6.45, 7) is 6.09. The molecule has 2 heterocycles. The third-order valence-electron chi connectivity index (χ3n) is 4.79. The largest absolute Gasteiger partial charge is 0.309 e. The topological polar surface area (TPSA) is 29.9 Å². The van der Waals surface area contributed by atoms with Gasteiger partial charge in [-0.3, -0.25) is 4.68 Å². The first-order valence-corrected chi connectivity index (χ1v) is 7.54. The lowest BCUT2D eigenvalue weighted by Gasteiger charge is -2.53. The minimum absolute atomic E-state index is 0.0330. The first-order valence-electron chi connectivity index (χ1n) is 7.54. The molecule has 1 spiro atoms. The van der Waals surface area contributed by atoms with Crippen LogP contribution in [0.3, 0.4) is 0 Å². The Morgan fingerprint density at radius 1 is 1.35 bits per heavy atom. The third-order valence-corrected chi connectivity index (χ3v) is 4.79. The lowest BCUT2D eigenvalue weighted by atomic mass is 9.62. The summed E-state index contributed by atoms with van der Waals surface area (Å²) in [5.74, 6) is -1.90. The van der Waals surface area contributed by atoms with Crippen molar-refractivity contribution in [3.05, 3.63) is 18.0 Å². The summed E-state index contributed by atoms with van der Waals surface area (Å²) >= 11 is 0. The van der Waals surface area contributed by atoms with E-state index >= 15 is 0 Å². The van der Waals surface area contributed by atoms with Crippen LogP contribution in [0.4, 0.5) is 8.78 Å². The molecule has 1 saturated carbocycles. The molecule has 0 amide bonds. The molecule has 0 radical (unpaired) electrons. The van der Waals surface area contributed by atoms with Gasteiger partial charge in [0.05, 0.1) is 6.20 Å². The Hall–Kier alpha value is -0.970. The predicted molar refractivity (Wildman–Crippen MR) is 73.7 cm³/mol. The molecule has 5 heteroatoms. The van der Waals surface area contributed by atoms with Crippen LogP contribution >= 0.6 is 0 Å². The van der Waals surface area contributed by atoms with Crippen LogP contribution in [0.2, 0.25) is 0 Å². The molecule has 1 N–H and O–H groups in total. The van der Waals surface area contributed by atoms with Crippen LogP contribution in [-0.2, 0) is 6.54 Å². The highest BCUT2D eigenvalue weighted by atomic mass is 19.3. The molecular weight excluding hydrogens is 260 g/mol. The molecule has 1 aliphatic heterocycles. The van der Waals surface area contributed by atoms with Gasteiger partial charge in [-0.05, 0) is 18.8 Å². The zero-order chi connectivity index (χ0) is 14.4. The van der Waals surface area contributed by atoms with Crippen molar-refractivity contribution in [3.8, 4) is 0 Å². The van der Waals surface area contributed by atoms with E-state index in [0.717, 1.165) is 18.7 Å². The molecular formula is C15H23F2N3. The number of nitrogens with zero attached hydrogens (tertiary/aromatic N) is 2. The van der Waals surface area contributed by atoms with Crippen LogP contribution < -0.4 is 5.32 Å². The molecule has 2 fully saturated rings. The summed E-state index contributed by atoms with van der Waals surface area (Å²) in [4.78, 5) is 0. The minimum Gasteiger partial charge on any atom is -0.309 e. The van der Waals surface area contributed by atoms with Gasteiger partial charge in [-0.1, -0.05) is 13.8 Å². The summed E-state index contributed by atoms with van der Waals surface area (Å²) in [5, 5.41) is 7.81. The molecule has 0 bridgehead atoms. The zero-order valence-corrected chi connectivity index (χ0v) is 12.2. The standard InChI is InChI=1S/C15H23F2N3/c1-11(2)8-20-9-12(7-19-20)13-14(10-18-13)3-5-15(16,17)6-4-14/h7,9,11,13,18H,3-6,8,10H2,1-2H3. The summed E-state index contributed by atoms with van der Waals surface area (Å²) in [6.07, 6.45) is 5.27. The highest BCUT2D eigenvalue weighted by Gasteiger charge is 2.52. The van der Waals surface area contributed by atoms with Gasteiger partial charge in [0.15, 0.2) is 0 Å². The molecule has 2 aliphatic rings. The van der Waals surface area contributed by atoms with Crippen molar-refractivity contribution in [1.82, 2.24) is 15.1 Å². The highest BCUT2D eigenvalue weighted by Crippen LogP contribution is 2.54. The molecule has 1 aromatic heterocycles. The second-order valence-electron chi connectivity index (χ2n) is 6.92. The van der Waals surface area contributed by atoms with Crippen LogP contribution in [0.5, 0.6) is 0 Å². The van der Waals surface area contributed by atoms with E-state index < -0.39 is 5.92 Å². The molecule has 112 valence electrons. The molecule has 0 aromatic carbocycles. The predicted octanol–water partition coefficient (Wildman–Crippen LogP) is 3.38. The molecule has 1 atom stereocenters. The second kappa shape index (κ2) is 4.79. The van der Waals surface area contributed by atoms with Crippen molar-refractivity contribution >= 4 is 0 Å². The van der Waals surface area contributed by atoms with Gasteiger partial charge in [0, 0.05) is 49.1 Å². The summed E-state index contributed by atoms with van der Waals surface area (Å²) in [6, 6.07) is 0.208. The fourth-order valence-corrected chi connectivity index (χ4v) is 3.55. The number of alkyl halides is 2. The van der Waals surface area contributed by atoms with Gasteiger partial charge in [0.25, 0.3) is 0 Å². The molecule has 1 unspecified atom stereocenters. The fourth-order valence-electron chi connectivity index (χ4n) is 3.55. The van der Waals surface area contributed by atoms with Gasteiger partial charge in [0.1, 0.15) is 0 Å². The molecule has 1 aromatic rings. The number of aromatic nitrogens is 2. The SMILES string of the molecule is CC(C)Cn1cc(C2NCC23CCC(F)(F)CC3)cn1. The Kier molecular flexibility index (Phi) is 3.35. The Morgan fingerprint density at radius 2 is 2.05 bits per heavy atom. The number of halogens is 2. The van der Waals surface area contributed by atoms with Crippen LogP contribution in [-0.4, -0.2) is 22.2 Å². The maximum absolute atomic E-state index is 13.3. The van der Waals surface area contributed by atoms with Crippen molar-refractivity contribution < 1.29 is 8.78 Å². The van der Waals surface area contributed by atoms with Crippen molar-refractivity contribution in [2.75, 3.05) is 6.54 Å². The Balaban J connectivity index is 1.70. The van der Waals surface area contributed by atoms with E-state index in [2.05, 4.69) is 30.5 Å². The Morgan fingerprint density at radius 3 is 2.60 bits per heavy atom. The van der Waals surface area contributed by atoms with Gasteiger partial charge < -0.3 is 5.32 Å². The van der Waals surface area contributed by atoms with E-state index in [1.165, 1.54) is 0 Å². The van der Waals surface area contributed by atoms with Gasteiger partial charge >= 0.3 is 0 Å². The van der Waals surface area contributed by atoms with Crippen molar-refractivity contribution in [3.63, 3.8) is 0 Å². The summed E-state index contributed by atoms with van der Waals surface area (Å²) < 4.78 is 28.7. The van der Waals surface area contributed by atoms with Crippen molar-refractivity contribution in [2.24, 2.45) is 11.3 Å². The fraction of sp³-hybridized carbons (Fsp3) is 0.800. The van der Waals surface area contributed by atoms with E-state index in [0.29, 0.717) is 18.8 Å². The molecule has 1 saturated heterocycles. The maximum Gasteiger partial charge on any atom is 0.248 e. The molecule has 3 rings (SSSR count). The van der Waals surface area contributed by atoms with Gasteiger partial charge in [0.2, 0.25) is 5.92 Å². The van der Waals surface area contributed by atoms with E-state index in [1.54, 1.807) is 0 Å². The summed E-state index contributed by atoms with van der Waals surface area (Å²) in [7, 11) is 0. The normalized spacial score (nSPS) is 27.8. The number of rotatable bonds is 3. The minimum atomic E-state index is -2.45. The smallest absolute Gasteiger partial charge is 0.248 e. The second-order valence-corrected chi connectivity index (χ2v) is 6.92. The molecule has 3 nitrogen and oxygen atoms in total. The van der Waals surface area contributed by atoms with Crippen LogP contribution in [0.1, 0.15) is 51.1 Å². The van der Waals surface area contributed by atoms with E-state index in [1.807, 2.05) is 10.9 Å². The van der Waals surface area contributed by atoms with E-state index in [9.17, 15) is 8.78 Å². The van der Waals surface area contributed by atoms with Crippen molar-refractivity contribution in [2.45, 2.75) is 58.0 Å². The first kappa shape index (κ1) is 14.0. The van der Waals surface area contributed by atoms with Gasteiger partial charge in [-0.2, -0.15) is 5.10 Å². The summed E-state index contributed by atoms with van der Waals surface area (Å²) in [5.41, 5.74) is 1.19. The Labute approximate surface area is 118 Å². The lowest BCUT2D eigenvalue weighted by molar-refractivity contribution is -0.0955. The maximum atomic E-state index is 13.3. The van der Waals surface area contributed by atoms with Gasteiger partial charge in [-0.15, -0.1) is 0 Å². The average Bonchev–Trinajstić information content (AvgIpc) is 2.75. The van der Waals surface area contributed by atoms with Crippen molar-refractivity contribution in [1.29, 1.82) is 0 Å². The highest BCUT2D eigenvalue weighted by molar-refractivity contribution is 5.21. The lowest BCUT2D eigenvalue weighted by Crippen LogP contribution is -2.58. The van der Waals surface area contributed by atoms with E-state index in [-0.39, 0.29) is 24.3 Å². The van der Waals surface area contributed by atoms with Crippen LogP contribution in [0.15, 0.2) is 12.4 Å². The average molecular weight is 283 g/mol. The number of nitrogens with one attached hydrogen (secondary N) is 1. The first-order chi connectivity index (χ1) is 9.40. The number of hydrogen-bond acceptors (Lipinski definition) is 2. The Bertz CT molecular complexity index is 471. The molecule has 20 heavy (non-hydrogen) atoms. The van der Waals surface area contributed by atoms with Crippen LogP contribution in [0.25, 0.3) is 0 Å². The quantitative estimate of drug-likeness (QED) is 0.921. The third kappa shape index (κ3) is 2.48. The molecule has 1 aliphatic carbocycles. The van der Waals surface area contributed by atoms with Crippen LogP contribution in [0, 0.1) is 11.3 Å².